The van der Waals surface area contributed by atoms with Gasteiger partial charge in [-0.25, -0.2) is 14.2 Å². The Morgan fingerprint density at radius 3 is 2.53 bits per heavy atom. The van der Waals surface area contributed by atoms with Crippen LogP contribution in [-0.4, -0.2) is 39.4 Å². The summed E-state index contributed by atoms with van der Waals surface area (Å²) in [5.41, 5.74) is 2.05. The van der Waals surface area contributed by atoms with Gasteiger partial charge in [0.1, 0.15) is 23.1 Å². The normalized spacial score (nSPS) is 23.9. The molecule has 0 spiro atoms. The Hall–Kier alpha value is -3.26. The predicted octanol–water partition coefficient (Wildman–Crippen LogP) is 5.17. The number of benzene rings is 1. The SMILES string of the molecule is O=C(O)c1ccc(N2[C@@H]3CC[C@H]2C[C@H](OCc2c(-c4ccccc4F)noc2C2CC2)C3)nc1. The number of aromatic carboxylic acids is 1. The van der Waals surface area contributed by atoms with Crippen LogP contribution in [0.5, 0.6) is 0 Å². The second-order valence-electron chi connectivity index (χ2n) is 9.54. The van der Waals surface area contributed by atoms with Crippen LogP contribution in [0.1, 0.15) is 66.1 Å². The fourth-order valence-corrected chi connectivity index (χ4v) is 5.50. The zero-order valence-corrected chi connectivity index (χ0v) is 18.7. The minimum Gasteiger partial charge on any atom is -0.478 e. The number of carboxylic acid groups (broad SMARTS) is 1. The summed E-state index contributed by atoms with van der Waals surface area (Å²) in [5.74, 6) is 0.731. The van der Waals surface area contributed by atoms with Gasteiger partial charge >= 0.3 is 5.97 Å². The van der Waals surface area contributed by atoms with Gasteiger partial charge in [-0.3, -0.25) is 0 Å². The highest BCUT2D eigenvalue weighted by Gasteiger charge is 2.42. The van der Waals surface area contributed by atoms with Crippen LogP contribution in [0.15, 0.2) is 47.1 Å². The van der Waals surface area contributed by atoms with E-state index in [0.29, 0.717) is 35.9 Å². The van der Waals surface area contributed by atoms with Gasteiger partial charge in [0.2, 0.25) is 0 Å². The first-order valence-corrected chi connectivity index (χ1v) is 11.9. The third-order valence-electron chi connectivity index (χ3n) is 7.31. The van der Waals surface area contributed by atoms with Crippen molar-refractivity contribution >= 4 is 11.8 Å². The largest absolute Gasteiger partial charge is 0.478 e. The molecule has 1 aliphatic carbocycles. The molecule has 176 valence electrons. The van der Waals surface area contributed by atoms with Crippen molar-refractivity contribution in [2.75, 3.05) is 4.90 Å². The lowest BCUT2D eigenvalue weighted by molar-refractivity contribution is 0.0146. The Morgan fingerprint density at radius 1 is 1.12 bits per heavy atom. The number of ether oxygens (including phenoxy) is 1. The first-order chi connectivity index (χ1) is 16.6. The number of nitrogens with zero attached hydrogens (tertiary/aromatic N) is 3. The van der Waals surface area contributed by atoms with Crippen molar-refractivity contribution in [3.63, 3.8) is 0 Å². The van der Waals surface area contributed by atoms with E-state index in [4.69, 9.17) is 14.4 Å². The zero-order chi connectivity index (χ0) is 23.2. The number of piperidine rings is 1. The molecule has 1 saturated carbocycles. The maximum Gasteiger partial charge on any atom is 0.337 e. The molecular formula is C26H26FN3O4. The van der Waals surface area contributed by atoms with Crippen molar-refractivity contribution in [3.8, 4) is 11.3 Å². The summed E-state index contributed by atoms with van der Waals surface area (Å²) in [5, 5.41) is 13.4. The van der Waals surface area contributed by atoms with Crippen molar-refractivity contribution in [3.05, 3.63) is 65.3 Å². The van der Waals surface area contributed by atoms with E-state index in [1.54, 1.807) is 30.3 Å². The molecule has 1 N–H and O–H groups in total. The smallest absolute Gasteiger partial charge is 0.337 e. The van der Waals surface area contributed by atoms with Crippen molar-refractivity contribution in [2.45, 2.75) is 69.2 Å². The molecule has 6 rings (SSSR count). The Morgan fingerprint density at radius 2 is 1.88 bits per heavy atom. The first-order valence-electron chi connectivity index (χ1n) is 11.9. The highest BCUT2D eigenvalue weighted by molar-refractivity contribution is 5.87. The average molecular weight is 464 g/mol. The lowest BCUT2D eigenvalue weighted by Gasteiger charge is -2.39. The molecule has 3 fully saturated rings. The Balaban J connectivity index is 1.18. The minimum atomic E-state index is -0.969. The average Bonchev–Trinajstić information content (AvgIpc) is 3.55. The van der Waals surface area contributed by atoms with Gasteiger partial charge in [-0.2, -0.15) is 0 Å². The van der Waals surface area contributed by atoms with Crippen molar-refractivity contribution in [2.24, 2.45) is 0 Å². The molecule has 2 bridgehead atoms. The number of hydrogen-bond donors (Lipinski definition) is 1. The van der Waals surface area contributed by atoms with Crippen LogP contribution < -0.4 is 4.90 Å². The molecule has 7 nitrogen and oxygen atoms in total. The molecule has 2 aliphatic heterocycles. The number of carboxylic acids is 1. The summed E-state index contributed by atoms with van der Waals surface area (Å²) in [4.78, 5) is 17.9. The number of fused-ring (bicyclic) bond motifs is 2. The van der Waals surface area contributed by atoms with E-state index >= 15 is 0 Å². The van der Waals surface area contributed by atoms with Crippen LogP contribution in [0.2, 0.25) is 0 Å². The van der Waals surface area contributed by atoms with Gasteiger partial charge in [-0.05, 0) is 62.8 Å². The van der Waals surface area contributed by atoms with E-state index in [9.17, 15) is 9.18 Å². The van der Waals surface area contributed by atoms with E-state index < -0.39 is 5.97 Å². The molecule has 34 heavy (non-hydrogen) atoms. The van der Waals surface area contributed by atoms with Crippen molar-refractivity contribution in [1.29, 1.82) is 0 Å². The van der Waals surface area contributed by atoms with Gasteiger partial charge in [0, 0.05) is 35.3 Å². The van der Waals surface area contributed by atoms with Gasteiger partial charge in [-0.1, -0.05) is 17.3 Å². The molecule has 0 radical (unpaired) electrons. The van der Waals surface area contributed by atoms with E-state index in [1.165, 1.54) is 12.3 Å². The van der Waals surface area contributed by atoms with E-state index in [0.717, 1.165) is 55.7 Å². The molecule has 2 aromatic heterocycles. The lowest BCUT2D eigenvalue weighted by Crippen LogP contribution is -2.46. The molecule has 8 heteroatoms. The third-order valence-corrected chi connectivity index (χ3v) is 7.31. The summed E-state index contributed by atoms with van der Waals surface area (Å²) in [6, 6.07) is 10.7. The van der Waals surface area contributed by atoms with Crippen molar-refractivity contribution < 1.29 is 23.6 Å². The molecule has 3 aliphatic rings. The number of hydrogen-bond acceptors (Lipinski definition) is 6. The van der Waals surface area contributed by atoms with E-state index in [2.05, 4.69) is 15.0 Å². The van der Waals surface area contributed by atoms with Gasteiger partial charge < -0.3 is 19.3 Å². The van der Waals surface area contributed by atoms with Gasteiger partial charge in [0.05, 0.1) is 18.3 Å². The van der Waals surface area contributed by atoms with Gasteiger partial charge in [-0.15, -0.1) is 0 Å². The second-order valence-corrected chi connectivity index (χ2v) is 9.54. The Kier molecular flexibility index (Phi) is 5.32. The van der Waals surface area contributed by atoms with Crippen LogP contribution in [0.25, 0.3) is 11.3 Å². The fraction of sp³-hybridized carbons (Fsp3) is 0.423. The summed E-state index contributed by atoms with van der Waals surface area (Å²) < 4.78 is 26.6. The molecule has 4 heterocycles. The van der Waals surface area contributed by atoms with E-state index in [1.807, 2.05) is 0 Å². The third kappa shape index (κ3) is 3.86. The van der Waals surface area contributed by atoms with Crippen molar-refractivity contribution in [1.82, 2.24) is 10.1 Å². The molecular weight excluding hydrogens is 437 g/mol. The highest BCUT2D eigenvalue weighted by atomic mass is 19.1. The predicted molar refractivity (Wildman–Crippen MR) is 122 cm³/mol. The van der Waals surface area contributed by atoms with E-state index in [-0.39, 0.29) is 17.5 Å². The number of pyridine rings is 1. The molecule has 3 atom stereocenters. The minimum absolute atomic E-state index is 0.0856. The van der Waals surface area contributed by atoms with Crippen LogP contribution in [0.4, 0.5) is 10.2 Å². The number of halogens is 1. The van der Waals surface area contributed by atoms with Crippen LogP contribution in [0, 0.1) is 5.82 Å². The molecule has 0 unspecified atom stereocenters. The quantitative estimate of drug-likeness (QED) is 0.517. The summed E-state index contributed by atoms with van der Waals surface area (Å²) >= 11 is 0. The molecule has 2 saturated heterocycles. The maximum absolute atomic E-state index is 14.5. The summed E-state index contributed by atoms with van der Waals surface area (Å²) in [7, 11) is 0. The standard InChI is InChI=1S/C26H26FN3O4/c27-22-4-2-1-3-20(22)24-21(25(34-29-24)15-5-6-15)14-33-19-11-17-8-9-18(12-19)30(17)23-10-7-16(13-28-23)26(31)32/h1-4,7,10,13,15,17-19H,5-6,8-9,11-12,14H2,(H,31,32)/t17-,18+,19-. The number of carbonyl (C=O) groups is 1. The Labute approximate surface area is 196 Å². The summed E-state index contributed by atoms with van der Waals surface area (Å²) in [6.07, 6.45) is 7.51. The first kappa shape index (κ1) is 21.3. The van der Waals surface area contributed by atoms with Gasteiger partial charge in [0.15, 0.2) is 0 Å². The monoisotopic (exact) mass is 463 g/mol. The number of anilines is 1. The molecule has 3 aromatic rings. The fourth-order valence-electron chi connectivity index (χ4n) is 5.50. The van der Waals surface area contributed by atoms with Crippen LogP contribution in [0.3, 0.4) is 0 Å². The lowest BCUT2D eigenvalue weighted by atomic mass is 9.99. The molecule has 1 aromatic carbocycles. The second kappa shape index (κ2) is 8.51. The molecule has 0 amide bonds. The maximum atomic E-state index is 14.5. The summed E-state index contributed by atoms with van der Waals surface area (Å²) in [6.45, 7) is 0.356. The topological polar surface area (TPSA) is 88.7 Å². The number of rotatable bonds is 7. The highest BCUT2D eigenvalue weighted by Crippen LogP contribution is 2.45. The Bertz CT molecular complexity index is 1190. The van der Waals surface area contributed by atoms with Crippen LogP contribution in [-0.2, 0) is 11.3 Å². The number of aromatic nitrogens is 2. The van der Waals surface area contributed by atoms with Crippen LogP contribution >= 0.6 is 0 Å². The van der Waals surface area contributed by atoms with Gasteiger partial charge in [0.25, 0.3) is 0 Å². The zero-order valence-electron chi connectivity index (χ0n) is 18.7.